The summed E-state index contributed by atoms with van der Waals surface area (Å²) in [4.78, 5) is 11.6. The van der Waals surface area contributed by atoms with Crippen molar-refractivity contribution in [3.8, 4) is 0 Å². The maximum absolute atomic E-state index is 11.6. The summed E-state index contributed by atoms with van der Waals surface area (Å²) >= 11 is 0. The van der Waals surface area contributed by atoms with Crippen LogP contribution in [0.1, 0.15) is 57.1 Å². The lowest BCUT2D eigenvalue weighted by Crippen LogP contribution is -2.26. The molecule has 3 nitrogen and oxygen atoms in total. The first-order chi connectivity index (χ1) is 9.24. The first kappa shape index (κ1) is 15.7. The first-order valence-electron chi connectivity index (χ1n) is 7.31. The minimum Gasteiger partial charge on any atom is -0.356 e. The normalized spacial score (nSPS) is 12.1. The number of hydrogen-bond donors (Lipinski definition) is 2. The van der Waals surface area contributed by atoms with Crippen LogP contribution in [0.3, 0.4) is 0 Å². The van der Waals surface area contributed by atoms with E-state index < -0.39 is 0 Å². The summed E-state index contributed by atoms with van der Waals surface area (Å²) < 4.78 is 0. The molecule has 0 saturated carbocycles. The lowest BCUT2D eigenvalue weighted by molar-refractivity contribution is -0.121. The molecule has 1 amide bonds. The van der Waals surface area contributed by atoms with E-state index in [9.17, 15) is 4.79 Å². The van der Waals surface area contributed by atoms with Crippen molar-refractivity contribution in [3.05, 3.63) is 35.9 Å². The average molecular weight is 262 g/mol. The molecule has 1 aromatic rings. The number of benzene rings is 1. The molecule has 3 N–H and O–H groups in total. The maximum Gasteiger partial charge on any atom is 0.219 e. The highest BCUT2D eigenvalue weighted by Gasteiger charge is 2.06. The molecule has 0 saturated heterocycles. The summed E-state index contributed by atoms with van der Waals surface area (Å²) in [6.07, 6.45) is 5.98. The minimum atomic E-state index is 0.00147. The zero-order valence-electron chi connectivity index (χ0n) is 11.9. The molecule has 106 valence electrons. The van der Waals surface area contributed by atoms with Gasteiger partial charge in [0.15, 0.2) is 0 Å². The topological polar surface area (TPSA) is 55.1 Å². The van der Waals surface area contributed by atoms with Gasteiger partial charge in [0.05, 0.1) is 0 Å². The Morgan fingerprint density at radius 3 is 2.63 bits per heavy atom. The Morgan fingerprint density at radius 1 is 1.21 bits per heavy atom. The van der Waals surface area contributed by atoms with E-state index in [1.54, 1.807) is 0 Å². The first-order valence-corrected chi connectivity index (χ1v) is 7.31. The predicted molar refractivity (Wildman–Crippen MR) is 79.8 cm³/mol. The number of nitrogens with two attached hydrogens (primary N) is 1. The molecule has 0 aliphatic heterocycles. The van der Waals surface area contributed by atoms with E-state index in [4.69, 9.17) is 5.73 Å². The fourth-order valence-corrected chi connectivity index (χ4v) is 2.03. The Hall–Kier alpha value is -1.35. The monoisotopic (exact) mass is 262 g/mol. The second-order valence-electron chi connectivity index (χ2n) is 4.97. The molecule has 19 heavy (non-hydrogen) atoms. The third-order valence-corrected chi connectivity index (χ3v) is 3.26. The van der Waals surface area contributed by atoms with Crippen LogP contribution in [-0.2, 0) is 4.79 Å². The van der Waals surface area contributed by atoms with Gasteiger partial charge in [0.25, 0.3) is 0 Å². The molecule has 1 rings (SSSR count). The number of carbonyl (C=O) groups is 1. The van der Waals surface area contributed by atoms with E-state index in [0.29, 0.717) is 13.0 Å². The van der Waals surface area contributed by atoms with Gasteiger partial charge in [-0.1, -0.05) is 56.5 Å². The average Bonchev–Trinajstić information content (AvgIpc) is 2.44. The molecule has 1 aromatic carbocycles. The van der Waals surface area contributed by atoms with Crippen LogP contribution in [0.4, 0.5) is 0 Å². The fraction of sp³-hybridized carbons (Fsp3) is 0.562. The standard InChI is InChI=1S/C16H26N2O/c1-2-3-4-8-11-16(19)18-13-12-15(17)14-9-6-5-7-10-14/h5-7,9-10,15H,2-4,8,11-13,17H2,1H3,(H,18,19). The van der Waals surface area contributed by atoms with Crippen molar-refractivity contribution in [1.29, 1.82) is 0 Å². The summed E-state index contributed by atoms with van der Waals surface area (Å²) in [7, 11) is 0. The zero-order valence-corrected chi connectivity index (χ0v) is 11.9. The van der Waals surface area contributed by atoms with E-state index in [1.165, 1.54) is 12.8 Å². The fourth-order valence-electron chi connectivity index (χ4n) is 2.03. The van der Waals surface area contributed by atoms with Gasteiger partial charge in [-0.05, 0) is 18.4 Å². The number of unbranched alkanes of at least 4 members (excludes halogenated alkanes) is 3. The molecule has 1 unspecified atom stereocenters. The quantitative estimate of drug-likeness (QED) is 0.672. The van der Waals surface area contributed by atoms with Crippen LogP contribution in [0.5, 0.6) is 0 Å². The van der Waals surface area contributed by atoms with Gasteiger partial charge in [0.1, 0.15) is 0 Å². The van der Waals surface area contributed by atoms with E-state index in [-0.39, 0.29) is 11.9 Å². The number of carbonyl (C=O) groups excluding carboxylic acids is 1. The minimum absolute atomic E-state index is 0.00147. The highest BCUT2D eigenvalue weighted by molar-refractivity contribution is 5.75. The summed E-state index contributed by atoms with van der Waals surface area (Å²) in [6.45, 7) is 2.83. The number of rotatable bonds is 9. The number of amides is 1. The largest absolute Gasteiger partial charge is 0.356 e. The van der Waals surface area contributed by atoms with Gasteiger partial charge in [0, 0.05) is 19.0 Å². The Morgan fingerprint density at radius 2 is 1.95 bits per heavy atom. The summed E-state index contributed by atoms with van der Waals surface area (Å²) in [6, 6.07) is 10.0. The van der Waals surface area contributed by atoms with Crippen LogP contribution in [0.25, 0.3) is 0 Å². The zero-order chi connectivity index (χ0) is 13.9. The van der Waals surface area contributed by atoms with Gasteiger partial charge in [0.2, 0.25) is 5.91 Å². The molecule has 0 radical (unpaired) electrons. The van der Waals surface area contributed by atoms with Crippen LogP contribution in [0.2, 0.25) is 0 Å². The van der Waals surface area contributed by atoms with Crippen LogP contribution in [0.15, 0.2) is 30.3 Å². The van der Waals surface area contributed by atoms with Gasteiger partial charge in [-0.15, -0.1) is 0 Å². The third-order valence-electron chi connectivity index (χ3n) is 3.26. The van der Waals surface area contributed by atoms with Crippen molar-refractivity contribution in [3.63, 3.8) is 0 Å². The second kappa shape index (κ2) is 9.56. The molecule has 1 atom stereocenters. The summed E-state index contributed by atoms with van der Waals surface area (Å²) in [5.41, 5.74) is 7.19. The Kier molecular flexibility index (Phi) is 7.91. The number of nitrogens with one attached hydrogen (secondary N) is 1. The van der Waals surface area contributed by atoms with Crippen molar-refractivity contribution < 1.29 is 4.79 Å². The SMILES string of the molecule is CCCCCCC(=O)NCCC(N)c1ccccc1. The number of hydrogen-bond acceptors (Lipinski definition) is 2. The van der Waals surface area contributed by atoms with Crippen molar-refractivity contribution in [2.24, 2.45) is 5.73 Å². The van der Waals surface area contributed by atoms with Crippen molar-refractivity contribution in [2.75, 3.05) is 6.54 Å². The van der Waals surface area contributed by atoms with Crippen LogP contribution < -0.4 is 11.1 Å². The molecule has 0 aliphatic rings. The van der Waals surface area contributed by atoms with Gasteiger partial charge >= 0.3 is 0 Å². The molecule has 0 bridgehead atoms. The molecule has 0 fully saturated rings. The predicted octanol–water partition coefficient (Wildman–Crippen LogP) is 3.16. The van der Waals surface area contributed by atoms with Crippen LogP contribution in [0, 0.1) is 0 Å². The van der Waals surface area contributed by atoms with E-state index in [0.717, 1.165) is 24.8 Å². The molecule has 0 heterocycles. The molecule has 0 aliphatic carbocycles. The van der Waals surface area contributed by atoms with E-state index >= 15 is 0 Å². The maximum atomic E-state index is 11.6. The van der Waals surface area contributed by atoms with Gasteiger partial charge in [-0.3, -0.25) is 4.79 Å². The van der Waals surface area contributed by atoms with Crippen molar-refractivity contribution in [1.82, 2.24) is 5.32 Å². The van der Waals surface area contributed by atoms with E-state index in [1.807, 2.05) is 30.3 Å². The molecule has 0 spiro atoms. The Balaban J connectivity index is 2.11. The molecular weight excluding hydrogens is 236 g/mol. The van der Waals surface area contributed by atoms with Crippen LogP contribution >= 0.6 is 0 Å². The van der Waals surface area contributed by atoms with E-state index in [2.05, 4.69) is 12.2 Å². The molecule has 0 aromatic heterocycles. The Bertz CT molecular complexity index is 351. The lowest BCUT2D eigenvalue weighted by Gasteiger charge is -2.12. The second-order valence-corrected chi connectivity index (χ2v) is 4.97. The lowest BCUT2D eigenvalue weighted by atomic mass is 10.1. The smallest absolute Gasteiger partial charge is 0.219 e. The third kappa shape index (κ3) is 6.97. The highest BCUT2D eigenvalue weighted by atomic mass is 16.1. The van der Waals surface area contributed by atoms with Gasteiger partial charge in [-0.25, -0.2) is 0 Å². The summed E-state index contributed by atoms with van der Waals surface area (Å²) in [5, 5.41) is 2.94. The van der Waals surface area contributed by atoms with Gasteiger partial charge < -0.3 is 11.1 Å². The Labute approximate surface area is 116 Å². The van der Waals surface area contributed by atoms with Crippen molar-refractivity contribution >= 4 is 5.91 Å². The van der Waals surface area contributed by atoms with Crippen LogP contribution in [-0.4, -0.2) is 12.5 Å². The van der Waals surface area contributed by atoms with Gasteiger partial charge in [-0.2, -0.15) is 0 Å². The summed E-state index contributed by atoms with van der Waals surface area (Å²) in [5.74, 6) is 0.149. The molecular formula is C16H26N2O. The van der Waals surface area contributed by atoms with Crippen molar-refractivity contribution in [2.45, 2.75) is 51.5 Å². The molecule has 3 heteroatoms. The highest BCUT2D eigenvalue weighted by Crippen LogP contribution is 2.12.